The summed E-state index contributed by atoms with van der Waals surface area (Å²) in [7, 11) is 0. The topological polar surface area (TPSA) is 17.8 Å². The number of benzene rings is 1. The van der Waals surface area contributed by atoms with E-state index in [1.165, 1.54) is 5.56 Å². The average Bonchev–Trinajstić information content (AvgIpc) is 2.81. The predicted octanol–water partition coefficient (Wildman–Crippen LogP) is 3.15. The van der Waals surface area contributed by atoms with Crippen LogP contribution in [-0.2, 0) is 6.42 Å². The third-order valence-electron chi connectivity index (χ3n) is 2.26. The molecule has 0 amide bonds. The molecule has 0 aliphatic heterocycles. The van der Waals surface area contributed by atoms with Crippen molar-refractivity contribution in [1.82, 2.24) is 9.78 Å². The monoisotopic (exact) mass is 210 g/mol. The molecule has 2 rings (SSSR count). The molecule has 0 atom stereocenters. The molecule has 0 N–H and O–H groups in total. The zero-order valence-corrected chi connectivity index (χ0v) is 9.08. The van der Waals surface area contributed by atoms with Crippen LogP contribution in [0.15, 0.2) is 67.0 Å². The van der Waals surface area contributed by atoms with Crippen LogP contribution in [0.2, 0.25) is 0 Å². The number of aromatic nitrogens is 2. The fourth-order valence-electron chi connectivity index (χ4n) is 1.47. The van der Waals surface area contributed by atoms with Gasteiger partial charge >= 0.3 is 0 Å². The van der Waals surface area contributed by atoms with Crippen molar-refractivity contribution in [2.75, 3.05) is 0 Å². The second kappa shape index (κ2) is 5.12. The average molecular weight is 210 g/mol. The maximum Gasteiger partial charge on any atom is 0.0493 e. The zero-order chi connectivity index (χ0) is 11.2. The smallest absolute Gasteiger partial charge is 0.0493 e. The van der Waals surface area contributed by atoms with Gasteiger partial charge in [0.15, 0.2) is 0 Å². The molecule has 2 heteroatoms. The second-order valence-electron chi connectivity index (χ2n) is 3.62. The summed E-state index contributed by atoms with van der Waals surface area (Å²) in [5.74, 6) is 0. The highest BCUT2D eigenvalue weighted by atomic mass is 15.2. The summed E-state index contributed by atoms with van der Waals surface area (Å²) in [5.41, 5.74) is 2.35. The highest BCUT2D eigenvalue weighted by molar-refractivity contribution is 5.34. The van der Waals surface area contributed by atoms with Gasteiger partial charge < -0.3 is 0 Å². The third kappa shape index (κ3) is 2.95. The van der Waals surface area contributed by atoms with E-state index in [2.05, 4.69) is 23.8 Å². The first kappa shape index (κ1) is 10.4. The van der Waals surface area contributed by atoms with E-state index < -0.39 is 0 Å². The van der Waals surface area contributed by atoms with E-state index in [9.17, 15) is 0 Å². The van der Waals surface area contributed by atoms with Crippen molar-refractivity contribution in [3.63, 3.8) is 0 Å². The van der Waals surface area contributed by atoms with E-state index in [1.54, 1.807) is 10.9 Å². The van der Waals surface area contributed by atoms with Crippen LogP contribution in [0.25, 0.3) is 6.20 Å². The van der Waals surface area contributed by atoms with E-state index >= 15 is 0 Å². The molecule has 1 heterocycles. The van der Waals surface area contributed by atoms with Crippen LogP contribution in [0.3, 0.4) is 0 Å². The molecule has 0 radical (unpaired) electrons. The van der Waals surface area contributed by atoms with Gasteiger partial charge in [-0.1, -0.05) is 36.9 Å². The van der Waals surface area contributed by atoms with Crippen molar-refractivity contribution in [3.8, 4) is 0 Å². The molecule has 0 fully saturated rings. The summed E-state index contributed by atoms with van der Waals surface area (Å²) in [6.07, 6.45) is 8.42. The number of hydrogen-bond acceptors (Lipinski definition) is 1. The molecule has 0 unspecified atom stereocenters. The molecule has 0 aliphatic rings. The van der Waals surface area contributed by atoms with E-state index in [1.807, 2.05) is 42.7 Å². The summed E-state index contributed by atoms with van der Waals surface area (Å²) in [6.45, 7) is 4.02. The molecule has 1 aromatic heterocycles. The molecule has 80 valence electrons. The SMILES string of the molecule is C=C(/C=C\n1cccn1)Cc1ccccc1. The van der Waals surface area contributed by atoms with Gasteiger partial charge in [-0.3, -0.25) is 0 Å². The first-order valence-corrected chi connectivity index (χ1v) is 5.23. The first-order chi connectivity index (χ1) is 7.84. The standard InChI is InChI=1S/C14H14N2/c1-13(8-11-16-10-5-9-15-16)12-14-6-3-2-4-7-14/h2-11H,1,12H2/b11-8-. The minimum Gasteiger partial charge on any atom is -0.248 e. The number of nitrogens with zero attached hydrogens (tertiary/aromatic N) is 2. The van der Waals surface area contributed by atoms with Crippen LogP contribution >= 0.6 is 0 Å². The lowest BCUT2D eigenvalue weighted by atomic mass is 10.1. The molecule has 0 saturated heterocycles. The highest BCUT2D eigenvalue weighted by Crippen LogP contribution is 2.07. The van der Waals surface area contributed by atoms with Crippen LogP contribution in [0.5, 0.6) is 0 Å². The molecule has 0 aliphatic carbocycles. The third-order valence-corrected chi connectivity index (χ3v) is 2.26. The molecular formula is C14H14N2. The lowest BCUT2D eigenvalue weighted by molar-refractivity contribution is 0.933. The van der Waals surface area contributed by atoms with Gasteiger partial charge in [-0.2, -0.15) is 5.10 Å². The van der Waals surface area contributed by atoms with Gasteiger partial charge in [-0.05, 0) is 29.7 Å². The number of hydrogen-bond donors (Lipinski definition) is 0. The van der Waals surface area contributed by atoms with Crippen LogP contribution in [0.1, 0.15) is 5.56 Å². The van der Waals surface area contributed by atoms with Gasteiger partial charge in [0.1, 0.15) is 0 Å². The molecular weight excluding hydrogens is 196 g/mol. The maximum atomic E-state index is 4.08. The minimum atomic E-state index is 0.874. The van der Waals surface area contributed by atoms with Crippen molar-refractivity contribution in [2.45, 2.75) is 6.42 Å². The Kier molecular flexibility index (Phi) is 3.34. The Labute approximate surface area is 95.5 Å². The number of allylic oxidation sites excluding steroid dienone is 2. The van der Waals surface area contributed by atoms with Gasteiger partial charge in [-0.15, -0.1) is 0 Å². The molecule has 0 spiro atoms. The summed E-state index contributed by atoms with van der Waals surface area (Å²) in [5, 5.41) is 4.08. The molecule has 1 aromatic carbocycles. The van der Waals surface area contributed by atoms with Gasteiger partial charge in [0, 0.05) is 18.6 Å². The Morgan fingerprint density at radius 3 is 2.75 bits per heavy atom. The van der Waals surface area contributed by atoms with Crippen molar-refractivity contribution in [3.05, 3.63) is 72.6 Å². The normalized spacial score (nSPS) is 10.8. The van der Waals surface area contributed by atoms with Crippen LogP contribution < -0.4 is 0 Å². The summed E-state index contributed by atoms with van der Waals surface area (Å²) in [4.78, 5) is 0. The summed E-state index contributed by atoms with van der Waals surface area (Å²) in [6, 6.07) is 12.2. The summed E-state index contributed by atoms with van der Waals surface area (Å²) < 4.78 is 1.76. The molecule has 2 nitrogen and oxygen atoms in total. The number of rotatable bonds is 4. The van der Waals surface area contributed by atoms with Gasteiger partial charge in [0.05, 0.1) is 0 Å². The first-order valence-electron chi connectivity index (χ1n) is 5.23. The maximum absolute atomic E-state index is 4.08. The van der Waals surface area contributed by atoms with E-state index in [4.69, 9.17) is 0 Å². The highest BCUT2D eigenvalue weighted by Gasteiger charge is 1.92. The van der Waals surface area contributed by atoms with E-state index in [0.29, 0.717) is 0 Å². The van der Waals surface area contributed by atoms with Gasteiger partial charge in [0.2, 0.25) is 0 Å². The minimum absolute atomic E-state index is 0.874. The molecule has 0 bridgehead atoms. The van der Waals surface area contributed by atoms with Crippen molar-refractivity contribution >= 4 is 6.20 Å². The fraction of sp³-hybridized carbons (Fsp3) is 0.0714. The Morgan fingerprint density at radius 1 is 1.25 bits per heavy atom. The molecule has 2 aromatic rings. The van der Waals surface area contributed by atoms with Gasteiger partial charge in [-0.25, -0.2) is 4.68 Å². The fourth-order valence-corrected chi connectivity index (χ4v) is 1.47. The van der Waals surface area contributed by atoms with Crippen molar-refractivity contribution in [1.29, 1.82) is 0 Å². The second-order valence-corrected chi connectivity index (χ2v) is 3.62. The largest absolute Gasteiger partial charge is 0.248 e. The molecule has 16 heavy (non-hydrogen) atoms. The van der Waals surface area contributed by atoms with Gasteiger partial charge in [0.25, 0.3) is 0 Å². The van der Waals surface area contributed by atoms with Crippen LogP contribution in [0, 0.1) is 0 Å². The van der Waals surface area contributed by atoms with Crippen molar-refractivity contribution < 1.29 is 0 Å². The lowest BCUT2D eigenvalue weighted by Crippen LogP contribution is -1.88. The Bertz CT molecular complexity index is 467. The summed E-state index contributed by atoms with van der Waals surface area (Å²) >= 11 is 0. The Morgan fingerprint density at radius 2 is 2.06 bits per heavy atom. The Balaban J connectivity index is 1.95. The van der Waals surface area contributed by atoms with Crippen LogP contribution in [0.4, 0.5) is 0 Å². The van der Waals surface area contributed by atoms with Crippen molar-refractivity contribution in [2.24, 2.45) is 0 Å². The Hall–Kier alpha value is -2.09. The van der Waals surface area contributed by atoms with E-state index in [0.717, 1.165) is 12.0 Å². The molecule has 0 saturated carbocycles. The zero-order valence-electron chi connectivity index (χ0n) is 9.08. The quantitative estimate of drug-likeness (QED) is 0.709. The predicted molar refractivity (Wildman–Crippen MR) is 66.8 cm³/mol. The lowest BCUT2D eigenvalue weighted by Gasteiger charge is -2.00. The van der Waals surface area contributed by atoms with Crippen LogP contribution in [-0.4, -0.2) is 9.78 Å². The van der Waals surface area contributed by atoms with E-state index in [-0.39, 0.29) is 0 Å².